The lowest BCUT2D eigenvalue weighted by Gasteiger charge is -2.20. The van der Waals surface area contributed by atoms with Gasteiger partial charge in [0.25, 0.3) is 11.5 Å². The molecule has 1 aromatic heterocycles. The summed E-state index contributed by atoms with van der Waals surface area (Å²) in [5.74, 6) is 0.366. The lowest BCUT2D eigenvalue weighted by molar-refractivity contribution is 0.0754. The number of hydrogen-bond acceptors (Lipinski definition) is 3. The molecule has 1 aliphatic heterocycles. The van der Waals surface area contributed by atoms with E-state index in [4.69, 9.17) is 0 Å². The van der Waals surface area contributed by atoms with E-state index in [0.29, 0.717) is 5.92 Å². The third-order valence-corrected chi connectivity index (χ3v) is 4.56. The van der Waals surface area contributed by atoms with E-state index in [0.717, 1.165) is 17.7 Å². The van der Waals surface area contributed by atoms with Crippen LogP contribution in [0.4, 0.5) is 0 Å². The van der Waals surface area contributed by atoms with Gasteiger partial charge in [0, 0.05) is 33.3 Å². The fourth-order valence-electron chi connectivity index (χ4n) is 3.00. The van der Waals surface area contributed by atoms with Crippen LogP contribution < -0.4 is 11.2 Å². The number of carbonyl (C=O) groups is 1. The maximum absolute atomic E-state index is 12.4. The molecule has 1 aliphatic carbocycles. The molecule has 3 rings (SSSR count). The van der Waals surface area contributed by atoms with E-state index in [9.17, 15) is 14.4 Å². The molecule has 0 bridgehead atoms. The second kappa shape index (κ2) is 3.59. The Bertz CT molecular complexity index is 687. The zero-order valence-corrected chi connectivity index (χ0v) is 11.3. The first-order valence-electron chi connectivity index (χ1n) is 6.40. The first-order valence-corrected chi connectivity index (χ1v) is 6.40. The number of carbonyl (C=O) groups excluding carboxylic acids is 1. The molecule has 2 fully saturated rings. The van der Waals surface area contributed by atoms with Crippen molar-refractivity contribution in [1.29, 1.82) is 0 Å². The number of nitrogens with zero attached hydrogens (tertiary/aromatic N) is 3. The first kappa shape index (κ1) is 12.2. The van der Waals surface area contributed by atoms with E-state index in [2.05, 4.69) is 6.92 Å². The summed E-state index contributed by atoms with van der Waals surface area (Å²) < 4.78 is 2.25. The Morgan fingerprint density at radius 3 is 2.58 bits per heavy atom. The van der Waals surface area contributed by atoms with E-state index in [1.165, 1.54) is 31.1 Å². The molecule has 0 N–H and O–H groups in total. The Morgan fingerprint density at radius 2 is 2.00 bits per heavy atom. The van der Waals surface area contributed by atoms with Crippen LogP contribution in [-0.4, -0.2) is 33.0 Å². The van der Waals surface area contributed by atoms with Gasteiger partial charge in [0.15, 0.2) is 0 Å². The molecular weight excluding hydrogens is 246 g/mol. The third-order valence-electron chi connectivity index (χ3n) is 4.56. The predicted octanol–water partition coefficient (Wildman–Crippen LogP) is -0.434. The van der Waals surface area contributed by atoms with Gasteiger partial charge < -0.3 is 4.90 Å². The van der Waals surface area contributed by atoms with Crippen LogP contribution in [0.2, 0.25) is 0 Å². The maximum atomic E-state index is 12.4. The van der Waals surface area contributed by atoms with E-state index in [-0.39, 0.29) is 17.0 Å². The van der Waals surface area contributed by atoms with Crippen LogP contribution >= 0.6 is 0 Å². The van der Waals surface area contributed by atoms with Crippen molar-refractivity contribution < 1.29 is 4.79 Å². The van der Waals surface area contributed by atoms with Gasteiger partial charge in [-0.1, -0.05) is 6.92 Å². The summed E-state index contributed by atoms with van der Waals surface area (Å²) in [4.78, 5) is 37.6. The molecule has 1 amide bonds. The van der Waals surface area contributed by atoms with Gasteiger partial charge in [-0.2, -0.15) is 0 Å². The van der Waals surface area contributed by atoms with Gasteiger partial charge in [0.2, 0.25) is 0 Å². The average molecular weight is 263 g/mol. The molecular formula is C13H17N3O3. The largest absolute Gasteiger partial charge is 0.337 e. The minimum absolute atomic E-state index is 0.179. The van der Waals surface area contributed by atoms with Crippen LogP contribution in [0, 0.1) is 11.3 Å². The molecule has 0 radical (unpaired) electrons. The third kappa shape index (κ3) is 1.66. The molecule has 1 aromatic rings. The van der Waals surface area contributed by atoms with E-state index < -0.39 is 11.2 Å². The highest BCUT2D eigenvalue weighted by Gasteiger charge is 2.57. The molecule has 2 aliphatic rings. The molecule has 2 unspecified atom stereocenters. The quantitative estimate of drug-likeness (QED) is 0.690. The second-order valence-corrected chi connectivity index (χ2v) is 6.01. The first-order chi connectivity index (χ1) is 8.83. The normalized spacial score (nSPS) is 28.4. The van der Waals surface area contributed by atoms with Crippen molar-refractivity contribution >= 4 is 5.91 Å². The van der Waals surface area contributed by atoms with Crippen LogP contribution in [0.25, 0.3) is 0 Å². The topological polar surface area (TPSA) is 64.3 Å². The maximum Gasteiger partial charge on any atom is 0.331 e. The number of amides is 1. The minimum atomic E-state index is -0.466. The van der Waals surface area contributed by atoms with Gasteiger partial charge in [-0.15, -0.1) is 0 Å². The van der Waals surface area contributed by atoms with E-state index >= 15 is 0 Å². The Hall–Kier alpha value is -1.85. The second-order valence-electron chi connectivity index (χ2n) is 6.01. The lowest BCUT2D eigenvalue weighted by Crippen LogP contribution is -2.42. The Balaban J connectivity index is 1.97. The van der Waals surface area contributed by atoms with Crippen molar-refractivity contribution in [2.24, 2.45) is 25.4 Å². The smallest absolute Gasteiger partial charge is 0.331 e. The average Bonchev–Trinajstić information content (AvgIpc) is 2.88. The number of piperidine rings is 1. The van der Waals surface area contributed by atoms with Crippen LogP contribution in [0.3, 0.4) is 0 Å². The highest BCUT2D eigenvalue weighted by Crippen LogP contribution is 2.57. The number of likely N-dealkylation sites (tertiary alicyclic amines) is 1. The summed E-state index contributed by atoms with van der Waals surface area (Å²) in [6.45, 7) is 3.63. The fourth-order valence-corrected chi connectivity index (χ4v) is 3.00. The van der Waals surface area contributed by atoms with Gasteiger partial charge >= 0.3 is 5.69 Å². The van der Waals surface area contributed by atoms with Gasteiger partial charge in [-0.05, 0) is 17.8 Å². The molecule has 1 saturated carbocycles. The van der Waals surface area contributed by atoms with Crippen molar-refractivity contribution in [2.75, 3.05) is 13.1 Å². The molecule has 102 valence electrons. The predicted molar refractivity (Wildman–Crippen MR) is 69.0 cm³/mol. The number of hydrogen-bond donors (Lipinski definition) is 0. The molecule has 19 heavy (non-hydrogen) atoms. The van der Waals surface area contributed by atoms with Gasteiger partial charge in [-0.25, -0.2) is 4.79 Å². The highest BCUT2D eigenvalue weighted by atomic mass is 16.2. The molecule has 2 heterocycles. The Morgan fingerprint density at radius 1 is 1.32 bits per heavy atom. The van der Waals surface area contributed by atoms with Gasteiger partial charge in [0.05, 0.1) is 0 Å². The van der Waals surface area contributed by atoms with Crippen molar-refractivity contribution in [1.82, 2.24) is 14.0 Å². The number of fused-ring (bicyclic) bond motifs is 1. The Kier molecular flexibility index (Phi) is 2.30. The SMILES string of the molecule is Cn1c(C(=O)N2CC3CC3(C)C2)cc(=O)n(C)c1=O. The van der Waals surface area contributed by atoms with E-state index in [1.54, 1.807) is 4.90 Å². The zero-order chi connectivity index (χ0) is 13.9. The fraction of sp³-hybridized carbons (Fsp3) is 0.615. The van der Waals surface area contributed by atoms with Crippen molar-refractivity contribution in [3.8, 4) is 0 Å². The molecule has 0 aromatic carbocycles. The molecule has 6 nitrogen and oxygen atoms in total. The molecule has 1 saturated heterocycles. The summed E-state index contributed by atoms with van der Waals surface area (Å²) >= 11 is 0. The zero-order valence-electron chi connectivity index (χ0n) is 11.3. The molecule has 0 spiro atoms. The summed E-state index contributed by atoms with van der Waals surface area (Å²) in [6.07, 6.45) is 1.17. The van der Waals surface area contributed by atoms with Gasteiger partial charge in [0.1, 0.15) is 5.69 Å². The summed E-state index contributed by atoms with van der Waals surface area (Å²) in [5.41, 5.74) is -0.472. The summed E-state index contributed by atoms with van der Waals surface area (Å²) in [5, 5.41) is 0. The van der Waals surface area contributed by atoms with Crippen LogP contribution in [0.1, 0.15) is 23.8 Å². The monoisotopic (exact) mass is 263 g/mol. The van der Waals surface area contributed by atoms with Crippen LogP contribution in [0.5, 0.6) is 0 Å². The van der Waals surface area contributed by atoms with Crippen LogP contribution in [-0.2, 0) is 14.1 Å². The van der Waals surface area contributed by atoms with Crippen molar-refractivity contribution in [3.05, 3.63) is 32.6 Å². The number of aromatic nitrogens is 2. The van der Waals surface area contributed by atoms with Crippen LogP contribution in [0.15, 0.2) is 15.7 Å². The minimum Gasteiger partial charge on any atom is -0.337 e. The molecule has 2 atom stereocenters. The Labute approximate surface area is 110 Å². The van der Waals surface area contributed by atoms with Gasteiger partial charge in [-0.3, -0.25) is 18.7 Å². The lowest BCUT2D eigenvalue weighted by atomic mass is 10.1. The molecule has 6 heteroatoms. The standard InChI is InChI=1S/C13H17N3O3/c1-13-5-8(13)6-16(7-13)11(18)9-4-10(17)15(3)12(19)14(9)2/h4,8H,5-7H2,1-3H3. The van der Waals surface area contributed by atoms with Crippen molar-refractivity contribution in [2.45, 2.75) is 13.3 Å². The van der Waals surface area contributed by atoms with Crippen molar-refractivity contribution in [3.63, 3.8) is 0 Å². The highest BCUT2D eigenvalue weighted by molar-refractivity contribution is 5.92. The van der Waals surface area contributed by atoms with E-state index in [1.807, 2.05) is 0 Å². The summed E-state index contributed by atoms with van der Waals surface area (Å²) in [7, 11) is 2.93. The summed E-state index contributed by atoms with van der Waals surface area (Å²) in [6, 6.07) is 1.25. The number of rotatable bonds is 1.